The number of hydrogen-bond donors (Lipinski definition) is 4. The fourth-order valence-electron chi connectivity index (χ4n) is 5.27. The summed E-state index contributed by atoms with van der Waals surface area (Å²) in [5, 5.41) is 18.9. The van der Waals surface area contributed by atoms with Gasteiger partial charge in [-0.3, -0.25) is 9.59 Å². The molecule has 3 unspecified atom stereocenters. The van der Waals surface area contributed by atoms with Gasteiger partial charge in [0.1, 0.15) is 5.69 Å². The highest BCUT2D eigenvalue weighted by Crippen LogP contribution is 2.34. The summed E-state index contributed by atoms with van der Waals surface area (Å²) >= 11 is 7.53. The first-order valence-corrected chi connectivity index (χ1v) is 13.6. The number of aromatic nitrogens is 2. The van der Waals surface area contributed by atoms with Crippen molar-refractivity contribution in [1.29, 1.82) is 0 Å². The van der Waals surface area contributed by atoms with Gasteiger partial charge in [-0.15, -0.1) is 23.7 Å². The number of H-pyrrole nitrogens is 1. The number of carbonyl (C=O) groups is 2. The highest BCUT2D eigenvalue weighted by molar-refractivity contribution is 7.13. The van der Waals surface area contributed by atoms with Crippen molar-refractivity contribution in [2.75, 3.05) is 13.6 Å². The Kier molecular flexibility index (Phi) is 8.21. The van der Waals surface area contributed by atoms with Crippen LogP contribution in [0.2, 0.25) is 5.02 Å². The lowest BCUT2D eigenvalue weighted by Crippen LogP contribution is -2.56. The Labute approximate surface area is 231 Å². The number of aromatic amines is 1. The van der Waals surface area contributed by atoms with Crippen LogP contribution in [-0.2, 0) is 13.0 Å². The van der Waals surface area contributed by atoms with Gasteiger partial charge in [-0.05, 0) is 70.3 Å². The van der Waals surface area contributed by atoms with Crippen LogP contribution in [0.4, 0.5) is 0 Å². The first kappa shape index (κ1) is 27.9. The summed E-state index contributed by atoms with van der Waals surface area (Å²) in [6.45, 7) is 5.34. The number of nitrogens with zero attached hydrogens (tertiary/aromatic N) is 2. The Morgan fingerprint density at radius 3 is 2.70 bits per heavy atom. The molecular weight excluding hydrogens is 533 g/mol. The van der Waals surface area contributed by atoms with Crippen LogP contribution < -0.4 is 10.6 Å². The second-order valence-corrected chi connectivity index (χ2v) is 12.1. The van der Waals surface area contributed by atoms with E-state index in [0.29, 0.717) is 28.6 Å². The van der Waals surface area contributed by atoms with Crippen molar-refractivity contribution in [3.63, 3.8) is 0 Å². The lowest BCUT2D eigenvalue weighted by atomic mass is 9.74. The molecule has 11 heteroatoms. The van der Waals surface area contributed by atoms with Crippen LogP contribution >= 0.6 is 35.3 Å². The molecule has 2 amide bonds. The number of aliphatic hydroxyl groups is 1. The molecule has 5 rings (SSSR count). The number of fused-ring (bicyclic) bond motifs is 2. The Morgan fingerprint density at radius 2 is 1.95 bits per heavy atom. The quantitative estimate of drug-likeness (QED) is 0.371. The minimum Gasteiger partial charge on any atom is -0.390 e. The predicted molar refractivity (Wildman–Crippen MR) is 149 cm³/mol. The number of nitrogens with one attached hydrogen (secondary N) is 3. The number of benzene rings is 1. The molecule has 4 N–H and O–H groups in total. The zero-order valence-electron chi connectivity index (χ0n) is 21.1. The third-order valence-electron chi connectivity index (χ3n) is 7.43. The summed E-state index contributed by atoms with van der Waals surface area (Å²) in [5.74, 6) is -0.455. The van der Waals surface area contributed by atoms with E-state index in [0.717, 1.165) is 47.4 Å². The lowest BCUT2D eigenvalue weighted by molar-refractivity contribution is -0.00937. The smallest absolute Gasteiger partial charge is 0.280 e. The standard InChI is InChI=1S/C26H32ClN5O3S.ClH/c1-26(2,35)15-4-6-18(29-23(33)21-11-14-10-16(27)5-7-17(14)28-21)20(12-15)30-24(34)25-31-19-8-9-32(3)13-22(19)36-25;/h5,7,10-11,15,18,20,28,35H,4,6,8-9,12-13H2,1-3H3,(H,29,33)(H,30,34);1H. The SMILES string of the molecule is CN1CCc2nc(C(=O)NC3CC(C(C)(C)O)CCC3NC(=O)c3cc4cc(Cl)ccc4[nH]3)sc2C1.Cl. The number of halogens is 2. The van der Waals surface area contributed by atoms with E-state index in [9.17, 15) is 14.7 Å². The van der Waals surface area contributed by atoms with E-state index in [-0.39, 0.29) is 42.2 Å². The summed E-state index contributed by atoms with van der Waals surface area (Å²) < 4.78 is 0. The summed E-state index contributed by atoms with van der Waals surface area (Å²) in [6, 6.07) is 6.62. The van der Waals surface area contributed by atoms with Crippen molar-refractivity contribution < 1.29 is 14.7 Å². The lowest BCUT2D eigenvalue weighted by Gasteiger charge is -2.41. The Hall–Kier alpha value is -2.17. The van der Waals surface area contributed by atoms with Crippen LogP contribution in [0.15, 0.2) is 24.3 Å². The molecule has 1 aliphatic heterocycles. The van der Waals surface area contributed by atoms with Crippen LogP contribution in [0, 0.1) is 5.92 Å². The highest BCUT2D eigenvalue weighted by Gasteiger charge is 2.39. The molecule has 0 radical (unpaired) electrons. The molecule has 8 nitrogen and oxygen atoms in total. The third kappa shape index (κ3) is 6.12. The van der Waals surface area contributed by atoms with Crippen molar-refractivity contribution in [2.45, 2.75) is 63.8 Å². The number of thiazole rings is 1. The molecule has 1 aliphatic carbocycles. The molecule has 0 spiro atoms. The van der Waals surface area contributed by atoms with Crippen molar-refractivity contribution in [2.24, 2.45) is 5.92 Å². The topological polar surface area (TPSA) is 110 Å². The van der Waals surface area contributed by atoms with Crippen molar-refractivity contribution in [3.8, 4) is 0 Å². The van der Waals surface area contributed by atoms with E-state index >= 15 is 0 Å². The molecule has 0 saturated heterocycles. The van der Waals surface area contributed by atoms with E-state index in [2.05, 4.69) is 32.5 Å². The molecule has 200 valence electrons. The fourth-order valence-corrected chi connectivity index (χ4v) is 6.54. The molecule has 0 bridgehead atoms. The second kappa shape index (κ2) is 10.9. The van der Waals surface area contributed by atoms with Gasteiger partial charge in [-0.1, -0.05) is 11.6 Å². The zero-order chi connectivity index (χ0) is 25.6. The maximum Gasteiger partial charge on any atom is 0.280 e. The van der Waals surface area contributed by atoms with Gasteiger partial charge in [0.25, 0.3) is 11.8 Å². The normalized spacial score (nSPS) is 22.2. The van der Waals surface area contributed by atoms with Crippen molar-refractivity contribution >= 4 is 58.1 Å². The predicted octanol–water partition coefficient (Wildman–Crippen LogP) is 4.16. The van der Waals surface area contributed by atoms with Crippen LogP contribution in [0.5, 0.6) is 0 Å². The maximum atomic E-state index is 13.2. The number of likely N-dealkylation sites (N-methyl/N-ethyl adjacent to an activating group) is 1. The van der Waals surface area contributed by atoms with Gasteiger partial charge in [0.15, 0.2) is 5.01 Å². The average molecular weight is 567 g/mol. The van der Waals surface area contributed by atoms with E-state index in [1.165, 1.54) is 11.3 Å². The third-order valence-corrected chi connectivity index (χ3v) is 8.74. The molecule has 1 saturated carbocycles. The molecular formula is C26H33Cl2N5O3S. The van der Waals surface area contributed by atoms with Crippen molar-refractivity contribution in [1.82, 2.24) is 25.5 Å². The average Bonchev–Trinajstić information content (AvgIpc) is 3.43. The first-order valence-electron chi connectivity index (χ1n) is 12.4. The van der Waals surface area contributed by atoms with Gasteiger partial charge in [-0.2, -0.15) is 0 Å². The van der Waals surface area contributed by atoms with E-state index in [1.807, 2.05) is 12.1 Å². The Balaban J connectivity index is 0.00000320. The van der Waals surface area contributed by atoms with Crippen molar-refractivity contribution in [3.05, 3.63) is 50.6 Å². The number of hydrogen-bond acceptors (Lipinski definition) is 6. The molecule has 3 atom stereocenters. The minimum absolute atomic E-state index is 0. The van der Waals surface area contributed by atoms with Gasteiger partial charge in [0.05, 0.1) is 11.3 Å². The molecule has 2 aromatic heterocycles. The van der Waals surface area contributed by atoms with E-state index < -0.39 is 5.60 Å². The number of carbonyl (C=O) groups excluding carboxylic acids is 2. The van der Waals surface area contributed by atoms with Crippen LogP contribution in [0.3, 0.4) is 0 Å². The fraction of sp³-hybridized carbons (Fsp3) is 0.500. The van der Waals surface area contributed by atoms with Crippen LogP contribution in [0.25, 0.3) is 10.9 Å². The summed E-state index contributed by atoms with van der Waals surface area (Å²) in [5.41, 5.74) is 1.40. The Morgan fingerprint density at radius 1 is 1.19 bits per heavy atom. The zero-order valence-corrected chi connectivity index (χ0v) is 23.5. The molecule has 37 heavy (non-hydrogen) atoms. The summed E-state index contributed by atoms with van der Waals surface area (Å²) in [6.07, 6.45) is 2.81. The van der Waals surface area contributed by atoms with E-state index in [1.54, 1.807) is 26.0 Å². The summed E-state index contributed by atoms with van der Waals surface area (Å²) in [7, 11) is 2.07. The monoisotopic (exact) mass is 565 g/mol. The maximum absolute atomic E-state index is 13.2. The van der Waals surface area contributed by atoms with Crippen LogP contribution in [0.1, 0.15) is 64.0 Å². The van der Waals surface area contributed by atoms with Gasteiger partial charge in [0, 0.05) is 52.4 Å². The summed E-state index contributed by atoms with van der Waals surface area (Å²) in [4.78, 5) is 37.5. The molecule has 2 aliphatic rings. The Bertz CT molecular complexity index is 1300. The van der Waals surface area contributed by atoms with E-state index in [4.69, 9.17) is 11.6 Å². The molecule has 1 aromatic carbocycles. The van der Waals surface area contributed by atoms with Gasteiger partial charge < -0.3 is 25.6 Å². The first-order chi connectivity index (χ1) is 17.1. The van der Waals surface area contributed by atoms with Crippen LogP contribution in [-0.4, -0.2) is 63.1 Å². The second-order valence-electron chi connectivity index (χ2n) is 10.6. The number of rotatable bonds is 5. The number of amides is 2. The largest absolute Gasteiger partial charge is 0.390 e. The minimum atomic E-state index is -0.876. The highest BCUT2D eigenvalue weighted by atomic mass is 35.5. The van der Waals surface area contributed by atoms with Gasteiger partial charge in [-0.25, -0.2) is 4.98 Å². The molecule has 3 aromatic rings. The molecule has 3 heterocycles. The molecule has 1 fully saturated rings. The van der Waals surface area contributed by atoms with Gasteiger partial charge in [0.2, 0.25) is 0 Å². The van der Waals surface area contributed by atoms with Gasteiger partial charge >= 0.3 is 0 Å².